The molecule has 0 spiro atoms. The molecule has 0 saturated heterocycles. The highest BCUT2D eigenvalue weighted by atomic mass is 16.5. The Kier molecular flexibility index (Phi) is 7.34. The summed E-state index contributed by atoms with van der Waals surface area (Å²) in [5.41, 5.74) is 1.76. The maximum atomic E-state index is 11.9. The Labute approximate surface area is 162 Å². The molecule has 1 aromatic carbocycles. The lowest BCUT2D eigenvalue weighted by atomic mass is 10.1. The van der Waals surface area contributed by atoms with Gasteiger partial charge < -0.3 is 14.6 Å². The number of urea groups is 1. The molecule has 0 fully saturated rings. The minimum atomic E-state index is -0.715. The van der Waals surface area contributed by atoms with E-state index >= 15 is 0 Å². The highest BCUT2D eigenvalue weighted by Crippen LogP contribution is 2.22. The fourth-order valence-electron chi connectivity index (χ4n) is 2.57. The zero-order chi connectivity index (χ0) is 20.5. The number of aromatic nitrogens is 1. The molecule has 0 radical (unpaired) electrons. The Morgan fingerprint density at radius 3 is 2.75 bits per heavy atom. The molecule has 8 heteroatoms. The lowest BCUT2D eigenvalue weighted by molar-refractivity contribution is -0.143. The number of hydrogen-bond acceptors (Lipinski definition) is 5. The summed E-state index contributed by atoms with van der Waals surface area (Å²) in [4.78, 5) is 34.9. The molecule has 0 aliphatic rings. The number of carbonyl (C=O) groups is 3. The third-order valence-corrected chi connectivity index (χ3v) is 3.70. The molecule has 0 aliphatic heterocycles. The van der Waals surface area contributed by atoms with E-state index in [0.717, 1.165) is 16.5 Å². The first-order chi connectivity index (χ1) is 13.4. The standard InChI is InChI=1S/C20H22N4O4/c1-14(2)22-20(27)23-18(25)13-28-19(26)9-8-15-12-24(11-5-10-21)17-7-4-3-6-16(15)17/h3-4,6-9,12,14H,5,11,13H2,1-2H3,(H2,22,23,25,27)/b9-8+. The van der Waals surface area contributed by atoms with Crippen LogP contribution in [0.2, 0.25) is 0 Å². The number of carbonyl (C=O) groups excluding carboxylic acids is 3. The summed E-state index contributed by atoms with van der Waals surface area (Å²) >= 11 is 0. The highest BCUT2D eigenvalue weighted by Gasteiger charge is 2.11. The van der Waals surface area contributed by atoms with E-state index in [1.807, 2.05) is 35.0 Å². The number of imide groups is 1. The van der Waals surface area contributed by atoms with Crippen molar-refractivity contribution in [3.05, 3.63) is 42.1 Å². The number of hydrogen-bond donors (Lipinski definition) is 2. The molecule has 1 aromatic heterocycles. The predicted molar refractivity (Wildman–Crippen MR) is 104 cm³/mol. The third kappa shape index (κ3) is 5.99. The minimum Gasteiger partial charge on any atom is -0.452 e. The second kappa shape index (κ2) is 9.92. The number of amides is 3. The summed E-state index contributed by atoms with van der Waals surface area (Å²) in [6, 6.07) is 9.01. The van der Waals surface area contributed by atoms with Crippen molar-refractivity contribution in [3.63, 3.8) is 0 Å². The zero-order valence-corrected chi connectivity index (χ0v) is 15.8. The minimum absolute atomic E-state index is 0.117. The lowest BCUT2D eigenvalue weighted by Gasteiger charge is -2.08. The van der Waals surface area contributed by atoms with E-state index < -0.39 is 24.5 Å². The fraction of sp³-hybridized carbons (Fsp3) is 0.300. The topological polar surface area (TPSA) is 113 Å². The Bertz CT molecular complexity index is 937. The predicted octanol–water partition coefficient (Wildman–Crippen LogP) is 2.35. The van der Waals surface area contributed by atoms with Gasteiger partial charge in [-0.15, -0.1) is 0 Å². The van der Waals surface area contributed by atoms with Crippen molar-refractivity contribution in [1.82, 2.24) is 15.2 Å². The SMILES string of the molecule is CC(C)NC(=O)NC(=O)COC(=O)/C=C/c1cn(CCC#N)c2ccccc12. The molecule has 0 aliphatic carbocycles. The third-order valence-electron chi connectivity index (χ3n) is 3.70. The first-order valence-corrected chi connectivity index (χ1v) is 8.80. The van der Waals surface area contributed by atoms with Gasteiger partial charge in [0.2, 0.25) is 0 Å². The highest BCUT2D eigenvalue weighted by molar-refractivity contribution is 5.97. The van der Waals surface area contributed by atoms with Crippen molar-refractivity contribution in [2.45, 2.75) is 32.9 Å². The van der Waals surface area contributed by atoms with E-state index in [0.29, 0.717) is 13.0 Å². The van der Waals surface area contributed by atoms with Gasteiger partial charge in [-0.2, -0.15) is 5.26 Å². The van der Waals surface area contributed by atoms with Crippen molar-refractivity contribution in [1.29, 1.82) is 5.26 Å². The first kappa shape index (κ1) is 20.7. The molecule has 0 saturated carbocycles. The number of esters is 1. The molecule has 146 valence electrons. The smallest absolute Gasteiger partial charge is 0.331 e. The van der Waals surface area contributed by atoms with Gasteiger partial charge >= 0.3 is 12.0 Å². The largest absolute Gasteiger partial charge is 0.452 e. The van der Waals surface area contributed by atoms with Gasteiger partial charge in [-0.1, -0.05) is 18.2 Å². The van der Waals surface area contributed by atoms with E-state index in [1.165, 1.54) is 6.08 Å². The summed E-state index contributed by atoms with van der Waals surface area (Å²) in [6.07, 6.45) is 5.05. The molecule has 28 heavy (non-hydrogen) atoms. The van der Waals surface area contributed by atoms with Crippen LogP contribution in [0.5, 0.6) is 0 Å². The van der Waals surface area contributed by atoms with Crippen molar-refractivity contribution in [2.24, 2.45) is 0 Å². The Hall–Kier alpha value is -3.60. The molecular weight excluding hydrogens is 360 g/mol. The van der Waals surface area contributed by atoms with Crippen molar-refractivity contribution < 1.29 is 19.1 Å². The van der Waals surface area contributed by atoms with Crippen LogP contribution in [0.25, 0.3) is 17.0 Å². The van der Waals surface area contributed by atoms with Crippen LogP contribution in [-0.2, 0) is 20.9 Å². The molecule has 0 atom stereocenters. The number of fused-ring (bicyclic) bond motifs is 1. The molecule has 8 nitrogen and oxygen atoms in total. The Balaban J connectivity index is 1.96. The van der Waals surface area contributed by atoms with Gasteiger partial charge in [-0.3, -0.25) is 10.1 Å². The van der Waals surface area contributed by atoms with Crippen molar-refractivity contribution >= 4 is 34.9 Å². The molecule has 2 aromatic rings. The maximum absolute atomic E-state index is 11.9. The van der Waals surface area contributed by atoms with E-state index in [-0.39, 0.29) is 6.04 Å². The molecule has 3 amide bonds. The molecule has 0 unspecified atom stereocenters. The summed E-state index contributed by atoms with van der Waals surface area (Å²) < 4.78 is 6.80. The Morgan fingerprint density at radius 2 is 2.04 bits per heavy atom. The van der Waals surface area contributed by atoms with E-state index in [2.05, 4.69) is 16.7 Å². The van der Waals surface area contributed by atoms with Crippen LogP contribution in [0, 0.1) is 11.3 Å². The monoisotopic (exact) mass is 382 g/mol. The normalized spacial score (nSPS) is 10.8. The quantitative estimate of drug-likeness (QED) is 0.564. The number of ether oxygens (including phenoxy) is 1. The van der Waals surface area contributed by atoms with Crippen LogP contribution in [0.15, 0.2) is 36.5 Å². The summed E-state index contributed by atoms with van der Waals surface area (Å²) in [7, 11) is 0. The van der Waals surface area contributed by atoms with Crippen LogP contribution in [0.1, 0.15) is 25.8 Å². The molecule has 2 rings (SSSR count). The zero-order valence-electron chi connectivity index (χ0n) is 15.8. The number of nitrogens with one attached hydrogen (secondary N) is 2. The Morgan fingerprint density at radius 1 is 1.29 bits per heavy atom. The summed E-state index contributed by atoms with van der Waals surface area (Å²) in [6.45, 7) is 3.50. The van der Waals surface area contributed by atoms with Gasteiger partial charge in [0.1, 0.15) is 0 Å². The van der Waals surface area contributed by atoms with Gasteiger partial charge in [-0.05, 0) is 26.0 Å². The molecule has 2 N–H and O–H groups in total. The summed E-state index contributed by atoms with van der Waals surface area (Å²) in [5, 5.41) is 14.3. The van der Waals surface area contributed by atoms with Crippen LogP contribution in [-0.4, -0.2) is 35.1 Å². The van der Waals surface area contributed by atoms with Gasteiger partial charge in [0.15, 0.2) is 6.61 Å². The number of aryl methyl sites for hydroxylation is 1. The number of benzene rings is 1. The fourth-order valence-corrected chi connectivity index (χ4v) is 2.57. The number of nitriles is 1. The van der Waals surface area contributed by atoms with Crippen LogP contribution < -0.4 is 10.6 Å². The van der Waals surface area contributed by atoms with Gasteiger partial charge in [0.05, 0.1) is 12.5 Å². The van der Waals surface area contributed by atoms with Crippen molar-refractivity contribution in [3.8, 4) is 6.07 Å². The van der Waals surface area contributed by atoms with Gasteiger partial charge in [0.25, 0.3) is 5.91 Å². The molecular formula is C20H22N4O4. The first-order valence-electron chi connectivity index (χ1n) is 8.80. The summed E-state index contributed by atoms with van der Waals surface area (Å²) in [5.74, 6) is -1.42. The van der Waals surface area contributed by atoms with Gasteiger partial charge in [-0.25, -0.2) is 9.59 Å². The molecule has 1 heterocycles. The van der Waals surface area contributed by atoms with Crippen LogP contribution >= 0.6 is 0 Å². The van der Waals surface area contributed by atoms with Crippen LogP contribution in [0.3, 0.4) is 0 Å². The average molecular weight is 382 g/mol. The number of nitrogens with zero attached hydrogens (tertiary/aromatic N) is 2. The maximum Gasteiger partial charge on any atom is 0.331 e. The molecule has 0 bridgehead atoms. The second-order valence-corrected chi connectivity index (χ2v) is 6.32. The number of para-hydroxylation sites is 1. The van der Waals surface area contributed by atoms with E-state index in [4.69, 9.17) is 10.00 Å². The average Bonchev–Trinajstić information content (AvgIpc) is 3.00. The number of rotatable bonds is 7. The van der Waals surface area contributed by atoms with Crippen molar-refractivity contribution in [2.75, 3.05) is 6.61 Å². The second-order valence-electron chi connectivity index (χ2n) is 6.32. The van der Waals surface area contributed by atoms with E-state index in [9.17, 15) is 14.4 Å². The van der Waals surface area contributed by atoms with Gasteiger partial charge in [0, 0.05) is 41.3 Å². The van der Waals surface area contributed by atoms with E-state index in [1.54, 1.807) is 19.9 Å². The lowest BCUT2D eigenvalue weighted by Crippen LogP contribution is -2.43. The van der Waals surface area contributed by atoms with Crippen LogP contribution in [0.4, 0.5) is 4.79 Å².